The Morgan fingerprint density at radius 1 is 1.11 bits per heavy atom. The molecule has 0 aliphatic carbocycles. The van der Waals surface area contributed by atoms with Crippen LogP contribution >= 0.6 is 0 Å². The van der Waals surface area contributed by atoms with Gasteiger partial charge in [-0.25, -0.2) is 0 Å². The zero-order valence-corrected chi connectivity index (χ0v) is 11.1. The highest BCUT2D eigenvalue weighted by molar-refractivity contribution is 5.47. The van der Waals surface area contributed by atoms with E-state index in [4.69, 9.17) is 10.00 Å². The summed E-state index contributed by atoms with van der Waals surface area (Å²) in [6.45, 7) is 0.521. The van der Waals surface area contributed by atoms with Crippen molar-refractivity contribution in [3.05, 3.63) is 59.7 Å². The van der Waals surface area contributed by atoms with E-state index in [0.717, 1.165) is 17.0 Å². The van der Waals surface area contributed by atoms with Crippen molar-refractivity contribution in [3.63, 3.8) is 0 Å². The lowest BCUT2D eigenvalue weighted by atomic mass is 10.2. The van der Waals surface area contributed by atoms with Gasteiger partial charge in [-0.1, -0.05) is 12.1 Å². The van der Waals surface area contributed by atoms with Gasteiger partial charge in [0.1, 0.15) is 12.4 Å². The number of rotatable bonds is 4. The molecule has 2 aromatic carbocycles. The van der Waals surface area contributed by atoms with Gasteiger partial charge < -0.3 is 9.64 Å². The van der Waals surface area contributed by atoms with Crippen LogP contribution in [0.15, 0.2) is 48.5 Å². The Morgan fingerprint density at radius 3 is 2.47 bits per heavy atom. The van der Waals surface area contributed by atoms with Gasteiger partial charge in [-0.05, 0) is 42.0 Å². The van der Waals surface area contributed by atoms with Gasteiger partial charge in [0.05, 0.1) is 11.6 Å². The molecular weight excluding hydrogens is 236 g/mol. The normalized spacial score (nSPS) is 9.74. The quantitative estimate of drug-likeness (QED) is 0.838. The van der Waals surface area contributed by atoms with Crippen LogP contribution in [-0.2, 0) is 6.61 Å². The van der Waals surface area contributed by atoms with E-state index in [1.807, 2.05) is 38.4 Å². The second-order valence-corrected chi connectivity index (χ2v) is 4.49. The molecule has 2 aromatic rings. The number of benzene rings is 2. The summed E-state index contributed by atoms with van der Waals surface area (Å²) < 4.78 is 5.70. The summed E-state index contributed by atoms with van der Waals surface area (Å²) in [4.78, 5) is 2.06. The number of anilines is 1. The van der Waals surface area contributed by atoms with Crippen molar-refractivity contribution in [2.24, 2.45) is 0 Å². The lowest BCUT2D eigenvalue weighted by Crippen LogP contribution is -2.09. The van der Waals surface area contributed by atoms with Gasteiger partial charge in [-0.15, -0.1) is 0 Å². The zero-order chi connectivity index (χ0) is 13.7. The molecule has 0 saturated heterocycles. The fraction of sp³-hybridized carbons (Fsp3) is 0.188. The maximum Gasteiger partial charge on any atom is 0.119 e. The predicted molar refractivity (Wildman–Crippen MR) is 76.3 cm³/mol. The first-order chi connectivity index (χ1) is 9.19. The molecule has 3 heteroatoms. The van der Waals surface area contributed by atoms with Gasteiger partial charge in [-0.3, -0.25) is 0 Å². The summed E-state index contributed by atoms with van der Waals surface area (Å²) in [5, 5.41) is 8.72. The number of nitriles is 1. The van der Waals surface area contributed by atoms with E-state index < -0.39 is 0 Å². The first-order valence-electron chi connectivity index (χ1n) is 6.08. The minimum atomic E-state index is 0.521. The summed E-state index contributed by atoms with van der Waals surface area (Å²) in [6, 6.07) is 17.4. The van der Waals surface area contributed by atoms with Crippen LogP contribution < -0.4 is 9.64 Å². The summed E-state index contributed by atoms with van der Waals surface area (Å²) >= 11 is 0. The molecule has 0 aliphatic rings. The van der Waals surface area contributed by atoms with Crippen LogP contribution in [-0.4, -0.2) is 14.1 Å². The lowest BCUT2D eigenvalue weighted by molar-refractivity contribution is 0.306. The monoisotopic (exact) mass is 252 g/mol. The first kappa shape index (κ1) is 13.0. The van der Waals surface area contributed by atoms with Gasteiger partial charge in [0, 0.05) is 19.8 Å². The highest BCUT2D eigenvalue weighted by Crippen LogP contribution is 2.17. The Morgan fingerprint density at radius 2 is 1.84 bits per heavy atom. The third kappa shape index (κ3) is 3.49. The third-order valence-corrected chi connectivity index (χ3v) is 2.82. The van der Waals surface area contributed by atoms with Crippen molar-refractivity contribution in [1.82, 2.24) is 0 Å². The van der Waals surface area contributed by atoms with E-state index in [1.165, 1.54) is 0 Å². The molecule has 0 heterocycles. The average Bonchev–Trinajstić information content (AvgIpc) is 2.46. The Labute approximate surface area is 113 Å². The van der Waals surface area contributed by atoms with E-state index in [1.54, 1.807) is 12.1 Å². The molecule has 0 aromatic heterocycles. The van der Waals surface area contributed by atoms with Crippen molar-refractivity contribution in [1.29, 1.82) is 5.26 Å². The Balaban J connectivity index is 2.02. The fourth-order valence-corrected chi connectivity index (χ4v) is 1.72. The molecule has 0 spiro atoms. The van der Waals surface area contributed by atoms with Crippen LogP contribution in [0, 0.1) is 11.3 Å². The maximum absolute atomic E-state index is 8.72. The molecule has 0 atom stereocenters. The smallest absolute Gasteiger partial charge is 0.119 e. The molecule has 0 aliphatic heterocycles. The number of hydrogen-bond acceptors (Lipinski definition) is 3. The minimum Gasteiger partial charge on any atom is -0.489 e. The lowest BCUT2D eigenvalue weighted by Gasteiger charge is -2.14. The van der Waals surface area contributed by atoms with Crippen LogP contribution in [0.3, 0.4) is 0 Å². The van der Waals surface area contributed by atoms with Gasteiger partial charge in [-0.2, -0.15) is 5.26 Å². The van der Waals surface area contributed by atoms with Gasteiger partial charge in [0.2, 0.25) is 0 Å². The molecule has 19 heavy (non-hydrogen) atoms. The van der Waals surface area contributed by atoms with Crippen molar-refractivity contribution >= 4 is 5.69 Å². The summed E-state index contributed by atoms with van der Waals surface area (Å²) in [6.07, 6.45) is 0. The largest absolute Gasteiger partial charge is 0.489 e. The molecule has 0 fully saturated rings. The molecule has 0 unspecified atom stereocenters. The molecular formula is C16H16N2O. The second kappa shape index (κ2) is 5.92. The highest BCUT2D eigenvalue weighted by Gasteiger charge is 1.99. The third-order valence-electron chi connectivity index (χ3n) is 2.82. The maximum atomic E-state index is 8.72. The van der Waals surface area contributed by atoms with Gasteiger partial charge in [0.25, 0.3) is 0 Å². The van der Waals surface area contributed by atoms with Crippen molar-refractivity contribution in [2.75, 3.05) is 19.0 Å². The molecule has 0 amide bonds. The Bertz CT molecular complexity index is 582. The van der Waals surface area contributed by atoms with E-state index in [9.17, 15) is 0 Å². The van der Waals surface area contributed by atoms with Crippen LogP contribution in [0.1, 0.15) is 11.1 Å². The number of ether oxygens (including phenoxy) is 1. The van der Waals surface area contributed by atoms with E-state index in [2.05, 4.69) is 23.1 Å². The fourth-order valence-electron chi connectivity index (χ4n) is 1.72. The van der Waals surface area contributed by atoms with Gasteiger partial charge in [0.15, 0.2) is 0 Å². The van der Waals surface area contributed by atoms with Crippen LogP contribution in [0.25, 0.3) is 0 Å². The summed E-state index contributed by atoms with van der Waals surface area (Å²) in [5.41, 5.74) is 2.92. The topological polar surface area (TPSA) is 36.3 Å². The van der Waals surface area contributed by atoms with E-state index in [-0.39, 0.29) is 0 Å². The number of nitrogens with zero attached hydrogens (tertiary/aromatic N) is 2. The number of hydrogen-bond donors (Lipinski definition) is 0. The standard InChI is InChI=1S/C16H16N2O/c1-18(2)15-5-3-4-14(10-15)12-19-16-8-6-13(11-17)7-9-16/h3-10H,12H2,1-2H3. The molecule has 2 rings (SSSR count). The molecule has 3 nitrogen and oxygen atoms in total. The van der Waals surface area contributed by atoms with Crippen molar-refractivity contribution in [3.8, 4) is 11.8 Å². The van der Waals surface area contributed by atoms with Crippen molar-refractivity contribution in [2.45, 2.75) is 6.61 Å². The SMILES string of the molecule is CN(C)c1cccc(COc2ccc(C#N)cc2)c1. The zero-order valence-electron chi connectivity index (χ0n) is 11.1. The summed E-state index contributed by atoms with van der Waals surface area (Å²) in [7, 11) is 4.03. The van der Waals surface area contributed by atoms with Crippen LogP contribution in [0.4, 0.5) is 5.69 Å². The minimum absolute atomic E-state index is 0.521. The summed E-state index contributed by atoms with van der Waals surface area (Å²) in [5.74, 6) is 0.772. The Hall–Kier alpha value is -2.47. The van der Waals surface area contributed by atoms with Crippen LogP contribution in [0.5, 0.6) is 5.75 Å². The molecule has 0 saturated carbocycles. The average molecular weight is 252 g/mol. The van der Waals surface area contributed by atoms with Gasteiger partial charge >= 0.3 is 0 Å². The van der Waals surface area contributed by atoms with Crippen molar-refractivity contribution < 1.29 is 4.74 Å². The predicted octanol–water partition coefficient (Wildman–Crippen LogP) is 3.20. The first-order valence-corrected chi connectivity index (χ1v) is 6.08. The molecule has 0 N–H and O–H groups in total. The second-order valence-electron chi connectivity index (χ2n) is 4.49. The molecule has 96 valence electrons. The highest BCUT2D eigenvalue weighted by atomic mass is 16.5. The van der Waals surface area contributed by atoms with E-state index in [0.29, 0.717) is 12.2 Å². The Kier molecular flexibility index (Phi) is 4.04. The van der Waals surface area contributed by atoms with Crippen LogP contribution in [0.2, 0.25) is 0 Å². The molecule has 0 bridgehead atoms. The molecule has 0 radical (unpaired) electrons. The van der Waals surface area contributed by atoms with E-state index >= 15 is 0 Å².